The Bertz CT molecular complexity index is 925. The molecule has 22 heavy (non-hydrogen) atoms. The molecule has 0 aliphatic rings. The molecule has 0 aliphatic heterocycles. The van der Waals surface area contributed by atoms with Crippen molar-refractivity contribution in [3.63, 3.8) is 0 Å². The molecule has 9 heteroatoms. The van der Waals surface area contributed by atoms with E-state index in [2.05, 4.69) is 4.72 Å². The van der Waals surface area contributed by atoms with E-state index < -0.39 is 20.0 Å². The van der Waals surface area contributed by atoms with E-state index in [-0.39, 0.29) is 9.79 Å². The first-order valence-electron chi connectivity index (χ1n) is 6.01. The largest absolute Gasteiger partial charge is 0.279 e. The molecular weight excluding hydrogens is 348 g/mol. The first kappa shape index (κ1) is 16.8. The Labute approximate surface area is 134 Å². The van der Waals surface area contributed by atoms with Gasteiger partial charge in [-0.15, -0.1) is 0 Å². The lowest BCUT2D eigenvalue weighted by Gasteiger charge is -2.11. The number of hydrogen-bond donors (Lipinski definition) is 2. The van der Waals surface area contributed by atoms with E-state index in [9.17, 15) is 16.8 Å². The maximum atomic E-state index is 12.4. The zero-order valence-electron chi connectivity index (χ0n) is 11.4. The zero-order chi connectivity index (χ0) is 16.5. The summed E-state index contributed by atoms with van der Waals surface area (Å²) in [5.41, 5.74) is 0.990. The molecular formula is C13H13ClN2O4S2. The summed E-state index contributed by atoms with van der Waals surface area (Å²) in [7, 11) is -7.95. The lowest BCUT2D eigenvalue weighted by Crippen LogP contribution is -2.16. The number of nitrogens with two attached hydrogens (primary N) is 1. The van der Waals surface area contributed by atoms with Crippen LogP contribution in [0.1, 0.15) is 5.56 Å². The Morgan fingerprint density at radius 3 is 2.27 bits per heavy atom. The number of sulfonamides is 2. The topological polar surface area (TPSA) is 106 Å². The van der Waals surface area contributed by atoms with Gasteiger partial charge in [-0.1, -0.05) is 23.7 Å². The fourth-order valence-corrected chi connectivity index (χ4v) is 3.70. The van der Waals surface area contributed by atoms with Gasteiger partial charge < -0.3 is 0 Å². The number of anilines is 1. The predicted octanol–water partition coefficient (Wildman–Crippen LogP) is 2.10. The van der Waals surface area contributed by atoms with E-state index in [1.165, 1.54) is 24.3 Å². The third-order valence-corrected chi connectivity index (χ3v) is 5.40. The molecule has 0 aliphatic carbocycles. The van der Waals surface area contributed by atoms with Gasteiger partial charge in [-0.2, -0.15) is 0 Å². The summed E-state index contributed by atoms with van der Waals surface area (Å²) in [6.07, 6.45) is 0. The summed E-state index contributed by atoms with van der Waals surface area (Å²) >= 11 is 5.85. The standard InChI is InChI=1S/C13H13ClN2O4S2/c1-9-5-6-10(14)7-13(9)16-22(19,20)12-4-2-3-11(8-12)21(15,17)18/h2-8,16H,1H3,(H2,15,17,18). The molecule has 2 rings (SSSR count). The number of aryl methyl sites for hydroxylation is 1. The van der Waals surface area contributed by atoms with Crippen LogP contribution in [0.4, 0.5) is 5.69 Å². The Hall–Kier alpha value is -1.61. The monoisotopic (exact) mass is 360 g/mol. The van der Waals surface area contributed by atoms with Crippen molar-refractivity contribution in [1.29, 1.82) is 0 Å². The fourth-order valence-electron chi connectivity index (χ4n) is 1.73. The number of primary sulfonamides is 1. The van der Waals surface area contributed by atoms with Crippen LogP contribution in [0.25, 0.3) is 0 Å². The molecule has 0 unspecified atom stereocenters. The van der Waals surface area contributed by atoms with Gasteiger partial charge in [-0.3, -0.25) is 4.72 Å². The molecule has 3 N–H and O–H groups in total. The van der Waals surface area contributed by atoms with Crippen LogP contribution >= 0.6 is 11.6 Å². The normalized spacial score (nSPS) is 12.1. The SMILES string of the molecule is Cc1ccc(Cl)cc1NS(=O)(=O)c1cccc(S(N)(=O)=O)c1. The Kier molecular flexibility index (Phi) is 4.48. The lowest BCUT2D eigenvalue weighted by atomic mass is 10.2. The van der Waals surface area contributed by atoms with Crippen LogP contribution in [0.3, 0.4) is 0 Å². The number of hydrogen-bond acceptors (Lipinski definition) is 4. The Morgan fingerprint density at radius 1 is 1.00 bits per heavy atom. The summed E-state index contributed by atoms with van der Waals surface area (Å²) in [4.78, 5) is -0.489. The summed E-state index contributed by atoms with van der Waals surface area (Å²) in [5.74, 6) is 0. The first-order valence-corrected chi connectivity index (χ1v) is 9.42. The summed E-state index contributed by atoms with van der Waals surface area (Å²) in [6.45, 7) is 1.72. The first-order chi connectivity index (χ1) is 10.1. The van der Waals surface area contributed by atoms with Gasteiger partial charge in [0.25, 0.3) is 10.0 Å². The molecule has 0 saturated heterocycles. The van der Waals surface area contributed by atoms with Crippen molar-refractivity contribution in [3.05, 3.63) is 53.1 Å². The van der Waals surface area contributed by atoms with E-state index in [1.807, 2.05) is 0 Å². The maximum absolute atomic E-state index is 12.4. The molecule has 0 saturated carbocycles. The van der Waals surface area contributed by atoms with Crippen LogP contribution in [-0.4, -0.2) is 16.8 Å². The minimum Gasteiger partial charge on any atom is -0.279 e. The minimum absolute atomic E-state index is 0.210. The van der Waals surface area contributed by atoms with Crippen molar-refractivity contribution in [1.82, 2.24) is 0 Å². The Balaban J connectivity index is 2.45. The highest BCUT2D eigenvalue weighted by atomic mass is 35.5. The Morgan fingerprint density at radius 2 is 1.64 bits per heavy atom. The second-order valence-electron chi connectivity index (χ2n) is 4.58. The van der Waals surface area contributed by atoms with Crippen molar-refractivity contribution < 1.29 is 16.8 Å². The van der Waals surface area contributed by atoms with Crippen molar-refractivity contribution in [2.75, 3.05) is 4.72 Å². The smallest absolute Gasteiger partial charge is 0.261 e. The molecule has 6 nitrogen and oxygen atoms in total. The van der Waals surface area contributed by atoms with Crippen LogP contribution in [0.15, 0.2) is 52.3 Å². The number of benzene rings is 2. The van der Waals surface area contributed by atoms with Crippen molar-refractivity contribution in [2.24, 2.45) is 5.14 Å². The molecule has 118 valence electrons. The predicted molar refractivity (Wildman–Crippen MR) is 84.8 cm³/mol. The van der Waals surface area contributed by atoms with Gasteiger partial charge in [0.1, 0.15) is 0 Å². The minimum atomic E-state index is -3.99. The zero-order valence-corrected chi connectivity index (χ0v) is 13.8. The number of halogens is 1. The van der Waals surface area contributed by atoms with E-state index in [0.29, 0.717) is 16.3 Å². The van der Waals surface area contributed by atoms with Crippen LogP contribution < -0.4 is 9.86 Å². The summed E-state index contributed by atoms with van der Waals surface area (Å²) in [5, 5.41) is 5.38. The van der Waals surface area contributed by atoms with Gasteiger partial charge in [-0.25, -0.2) is 22.0 Å². The van der Waals surface area contributed by atoms with Crippen molar-refractivity contribution in [3.8, 4) is 0 Å². The second kappa shape index (κ2) is 5.88. The van der Waals surface area contributed by atoms with Gasteiger partial charge in [0, 0.05) is 5.02 Å². The average Bonchev–Trinajstić information content (AvgIpc) is 2.42. The highest BCUT2D eigenvalue weighted by Crippen LogP contribution is 2.24. The highest BCUT2D eigenvalue weighted by Gasteiger charge is 2.18. The van der Waals surface area contributed by atoms with Crippen LogP contribution in [-0.2, 0) is 20.0 Å². The molecule has 0 atom stereocenters. The van der Waals surface area contributed by atoms with Crippen molar-refractivity contribution in [2.45, 2.75) is 16.7 Å². The molecule has 2 aromatic carbocycles. The third-order valence-electron chi connectivity index (χ3n) is 2.89. The quantitative estimate of drug-likeness (QED) is 0.870. The van der Waals surface area contributed by atoms with Crippen LogP contribution in [0.2, 0.25) is 5.02 Å². The van der Waals surface area contributed by atoms with E-state index in [0.717, 1.165) is 6.07 Å². The van der Waals surface area contributed by atoms with Gasteiger partial charge in [-0.05, 0) is 42.8 Å². The summed E-state index contributed by atoms with van der Waals surface area (Å²) in [6, 6.07) is 9.57. The molecule has 2 aromatic rings. The second-order valence-corrected chi connectivity index (χ2v) is 8.26. The van der Waals surface area contributed by atoms with Crippen LogP contribution in [0, 0.1) is 6.92 Å². The summed E-state index contributed by atoms with van der Waals surface area (Å²) < 4.78 is 49.7. The molecule has 0 heterocycles. The molecule has 0 amide bonds. The molecule has 0 aromatic heterocycles. The van der Waals surface area contributed by atoms with Gasteiger partial charge >= 0.3 is 0 Å². The molecule has 0 bridgehead atoms. The number of nitrogens with one attached hydrogen (secondary N) is 1. The van der Waals surface area contributed by atoms with Gasteiger partial charge in [0.05, 0.1) is 15.5 Å². The lowest BCUT2D eigenvalue weighted by molar-refractivity contribution is 0.597. The van der Waals surface area contributed by atoms with Crippen molar-refractivity contribution >= 4 is 37.3 Å². The number of rotatable bonds is 4. The fraction of sp³-hybridized carbons (Fsp3) is 0.0769. The van der Waals surface area contributed by atoms with Gasteiger partial charge in [0.2, 0.25) is 10.0 Å². The van der Waals surface area contributed by atoms with Gasteiger partial charge in [0.15, 0.2) is 0 Å². The highest BCUT2D eigenvalue weighted by molar-refractivity contribution is 7.93. The van der Waals surface area contributed by atoms with E-state index in [4.69, 9.17) is 16.7 Å². The molecule has 0 fully saturated rings. The van der Waals surface area contributed by atoms with E-state index >= 15 is 0 Å². The molecule has 0 spiro atoms. The maximum Gasteiger partial charge on any atom is 0.261 e. The molecule has 0 radical (unpaired) electrons. The van der Waals surface area contributed by atoms with Crippen LogP contribution in [0.5, 0.6) is 0 Å². The average molecular weight is 361 g/mol. The van der Waals surface area contributed by atoms with E-state index in [1.54, 1.807) is 19.1 Å². The third kappa shape index (κ3) is 3.77.